The van der Waals surface area contributed by atoms with Crippen LogP contribution in [0.15, 0.2) is 41.1 Å². The molecule has 0 unspecified atom stereocenters. The smallest absolute Gasteiger partial charge is 0.137 e. The van der Waals surface area contributed by atoms with Crippen LogP contribution in [0.1, 0.15) is 0 Å². The third-order valence-electron chi connectivity index (χ3n) is 4.08. The Labute approximate surface area is 165 Å². The minimum Gasteiger partial charge on any atom is -0.495 e. The molecule has 26 heavy (non-hydrogen) atoms. The Morgan fingerprint density at radius 2 is 1.54 bits per heavy atom. The summed E-state index contributed by atoms with van der Waals surface area (Å²) in [6.45, 7) is 0. The van der Waals surface area contributed by atoms with Crippen molar-refractivity contribution in [2.75, 3.05) is 21.3 Å². The van der Waals surface area contributed by atoms with Crippen LogP contribution in [0.2, 0.25) is 5.02 Å². The molecule has 1 heterocycles. The van der Waals surface area contributed by atoms with Gasteiger partial charge in [-0.15, -0.1) is 0 Å². The standard InChI is InChI=1S/C19H18BrClN2O3/c1-23-10-22-18(12-8-15(25-3)17(20)16(9-12)26-4)19(23)11-5-6-14(24-2)13(21)7-11/h5-10H,1-4H3. The van der Waals surface area contributed by atoms with Gasteiger partial charge in [-0.3, -0.25) is 0 Å². The summed E-state index contributed by atoms with van der Waals surface area (Å²) in [6.07, 6.45) is 1.77. The number of rotatable bonds is 5. The molecule has 3 aromatic rings. The highest BCUT2D eigenvalue weighted by Crippen LogP contribution is 2.41. The monoisotopic (exact) mass is 436 g/mol. The van der Waals surface area contributed by atoms with Gasteiger partial charge < -0.3 is 18.8 Å². The van der Waals surface area contributed by atoms with E-state index in [2.05, 4.69) is 20.9 Å². The van der Waals surface area contributed by atoms with E-state index in [1.54, 1.807) is 27.7 Å². The molecule has 1 aromatic heterocycles. The van der Waals surface area contributed by atoms with E-state index in [0.29, 0.717) is 22.3 Å². The first-order chi connectivity index (χ1) is 12.5. The molecular formula is C19H18BrClN2O3. The fourth-order valence-electron chi connectivity index (χ4n) is 2.80. The lowest BCUT2D eigenvalue weighted by Crippen LogP contribution is -1.95. The molecular weight excluding hydrogens is 420 g/mol. The molecule has 5 nitrogen and oxygen atoms in total. The summed E-state index contributed by atoms with van der Waals surface area (Å²) in [4.78, 5) is 4.58. The first kappa shape index (κ1) is 18.6. The molecule has 0 aliphatic heterocycles. The first-order valence-corrected chi connectivity index (χ1v) is 8.94. The van der Waals surface area contributed by atoms with Crippen LogP contribution < -0.4 is 14.2 Å². The van der Waals surface area contributed by atoms with Gasteiger partial charge in [0, 0.05) is 18.2 Å². The number of methoxy groups -OCH3 is 3. The second-order valence-electron chi connectivity index (χ2n) is 5.60. The van der Waals surface area contributed by atoms with Crippen molar-refractivity contribution < 1.29 is 14.2 Å². The maximum Gasteiger partial charge on any atom is 0.137 e. The number of nitrogens with zero attached hydrogens (tertiary/aromatic N) is 2. The van der Waals surface area contributed by atoms with Gasteiger partial charge in [-0.25, -0.2) is 4.98 Å². The highest BCUT2D eigenvalue weighted by molar-refractivity contribution is 9.10. The van der Waals surface area contributed by atoms with Crippen molar-refractivity contribution in [1.82, 2.24) is 9.55 Å². The van der Waals surface area contributed by atoms with E-state index in [1.807, 2.05) is 41.9 Å². The number of halogens is 2. The quantitative estimate of drug-likeness (QED) is 0.551. The zero-order chi connectivity index (χ0) is 18.8. The number of hydrogen-bond acceptors (Lipinski definition) is 4. The Kier molecular flexibility index (Phi) is 5.44. The molecule has 2 aromatic carbocycles. The largest absolute Gasteiger partial charge is 0.495 e. The van der Waals surface area contributed by atoms with Crippen molar-refractivity contribution >= 4 is 27.5 Å². The van der Waals surface area contributed by atoms with Gasteiger partial charge in [0.2, 0.25) is 0 Å². The van der Waals surface area contributed by atoms with Crippen LogP contribution in [0.5, 0.6) is 17.2 Å². The Hall–Kier alpha value is -2.18. The third kappa shape index (κ3) is 3.27. The average molecular weight is 438 g/mol. The molecule has 3 rings (SSSR count). The molecule has 0 saturated carbocycles. The molecule has 0 spiro atoms. The maximum atomic E-state index is 6.31. The first-order valence-electron chi connectivity index (χ1n) is 7.77. The lowest BCUT2D eigenvalue weighted by Gasteiger charge is -2.13. The number of imidazole rings is 1. The van der Waals surface area contributed by atoms with Crippen LogP contribution >= 0.6 is 27.5 Å². The van der Waals surface area contributed by atoms with Gasteiger partial charge in [0.15, 0.2) is 0 Å². The SMILES string of the molecule is COc1ccc(-c2c(-c3cc(OC)c(Br)c(OC)c3)ncn2C)cc1Cl. The van der Waals surface area contributed by atoms with Gasteiger partial charge in [0.05, 0.1) is 44.1 Å². The van der Waals surface area contributed by atoms with E-state index in [0.717, 1.165) is 27.0 Å². The number of hydrogen-bond donors (Lipinski definition) is 0. The van der Waals surface area contributed by atoms with Gasteiger partial charge in [-0.2, -0.15) is 0 Å². The molecule has 0 saturated heterocycles. The number of ether oxygens (including phenoxy) is 3. The van der Waals surface area contributed by atoms with E-state index >= 15 is 0 Å². The van der Waals surface area contributed by atoms with Crippen molar-refractivity contribution in [2.24, 2.45) is 7.05 Å². The molecule has 0 aliphatic carbocycles. The topological polar surface area (TPSA) is 45.5 Å². The molecule has 0 bridgehead atoms. The van der Waals surface area contributed by atoms with Crippen molar-refractivity contribution in [3.05, 3.63) is 46.2 Å². The molecule has 0 atom stereocenters. The van der Waals surface area contributed by atoms with Crippen molar-refractivity contribution in [1.29, 1.82) is 0 Å². The highest BCUT2D eigenvalue weighted by Gasteiger charge is 2.18. The predicted molar refractivity (Wildman–Crippen MR) is 106 cm³/mol. The summed E-state index contributed by atoms with van der Waals surface area (Å²) in [5.41, 5.74) is 3.55. The van der Waals surface area contributed by atoms with E-state index in [9.17, 15) is 0 Å². The van der Waals surface area contributed by atoms with Crippen molar-refractivity contribution in [3.8, 4) is 39.8 Å². The van der Waals surface area contributed by atoms with E-state index in [4.69, 9.17) is 25.8 Å². The van der Waals surface area contributed by atoms with Crippen LogP contribution in [0.4, 0.5) is 0 Å². The third-order valence-corrected chi connectivity index (χ3v) is 5.16. The Balaban J connectivity index is 2.19. The highest BCUT2D eigenvalue weighted by atomic mass is 79.9. The van der Waals surface area contributed by atoms with Gasteiger partial charge >= 0.3 is 0 Å². The van der Waals surface area contributed by atoms with Crippen molar-refractivity contribution in [3.63, 3.8) is 0 Å². The molecule has 0 amide bonds. The van der Waals surface area contributed by atoms with Crippen LogP contribution in [0.3, 0.4) is 0 Å². The van der Waals surface area contributed by atoms with Crippen molar-refractivity contribution in [2.45, 2.75) is 0 Å². The summed E-state index contributed by atoms with van der Waals surface area (Å²) >= 11 is 9.81. The van der Waals surface area contributed by atoms with E-state index in [-0.39, 0.29) is 0 Å². The van der Waals surface area contributed by atoms with Gasteiger partial charge in [0.25, 0.3) is 0 Å². The minimum absolute atomic E-state index is 0.545. The second kappa shape index (κ2) is 7.60. The van der Waals surface area contributed by atoms with Gasteiger partial charge in [-0.1, -0.05) is 11.6 Å². The molecule has 0 aliphatic rings. The van der Waals surface area contributed by atoms with E-state index in [1.165, 1.54) is 0 Å². The molecule has 7 heteroatoms. The summed E-state index contributed by atoms with van der Waals surface area (Å²) < 4.78 is 18.9. The van der Waals surface area contributed by atoms with Gasteiger partial charge in [0.1, 0.15) is 21.7 Å². The van der Waals surface area contributed by atoms with Crippen LogP contribution in [-0.4, -0.2) is 30.9 Å². The zero-order valence-corrected chi connectivity index (χ0v) is 17.2. The van der Waals surface area contributed by atoms with Gasteiger partial charge in [-0.05, 0) is 46.3 Å². The Bertz CT molecular complexity index is 931. The minimum atomic E-state index is 0.545. The summed E-state index contributed by atoms with van der Waals surface area (Å²) in [5, 5.41) is 0.545. The molecule has 0 fully saturated rings. The van der Waals surface area contributed by atoms with Crippen LogP contribution in [-0.2, 0) is 7.05 Å². The maximum absolute atomic E-state index is 6.31. The lowest BCUT2D eigenvalue weighted by molar-refractivity contribution is 0.390. The fraction of sp³-hybridized carbons (Fsp3) is 0.211. The summed E-state index contributed by atoms with van der Waals surface area (Å²) in [7, 11) is 6.77. The molecule has 0 N–H and O–H groups in total. The predicted octanol–water partition coefficient (Wildman–Crippen LogP) is 5.20. The fourth-order valence-corrected chi connectivity index (χ4v) is 3.61. The molecule has 136 valence electrons. The normalized spacial score (nSPS) is 10.7. The van der Waals surface area contributed by atoms with Crippen LogP contribution in [0, 0.1) is 0 Å². The summed E-state index contributed by atoms with van der Waals surface area (Å²) in [5.74, 6) is 1.97. The van der Waals surface area contributed by atoms with Crippen LogP contribution in [0.25, 0.3) is 22.5 Å². The lowest BCUT2D eigenvalue weighted by atomic mass is 10.0. The number of benzene rings is 2. The Morgan fingerprint density at radius 1 is 0.923 bits per heavy atom. The summed E-state index contributed by atoms with van der Waals surface area (Å²) in [6, 6.07) is 9.51. The Morgan fingerprint density at radius 3 is 2.08 bits per heavy atom. The number of aryl methyl sites for hydroxylation is 1. The molecule has 0 radical (unpaired) electrons. The zero-order valence-electron chi connectivity index (χ0n) is 14.8. The average Bonchev–Trinajstić information content (AvgIpc) is 3.03. The second-order valence-corrected chi connectivity index (χ2v) is 6.80. The van der Waals surface area contributed by atoms with E-state index < -0.39 is 0 Å². The number of aromatic nitrogens is 2.